The molecule has 0 bridgehead atoms. The lowest BCUT2D eigenvalue weighted by molar-refractivity contribution is 0.562. The van der Waals surface area contributed by atoms with Crippen LogP contribution in [0.2, 0.25) is 0 Å². The Kier molecular flexibility index (Phi) is 4.82. The molecule has 0 aliphatic heterocycles. The summed E-state index contributed by atoms with van der Waals surface area (Å²) in [6.45, 7) is 2.35. The molecule has 0 atom stereocenters. The van der Waals surface area contributed by atoms with Gasteiger partial charge in [0.1, 0.15) is 22.2 Å². The normalized spacial score (nSPS) is 12.0. The number of aromatic nitrogens is 2. The van der Waals surface area contributed by atoms with E-state index in [1.807, 2.05) is 6.92 Å². The molecule has 0 amide bonds. The zero-order valence-corrected chi connectivity index (χ0v) is 14.4. The first-order chi connectivity index (χ1) is 11.9. The molecule has 3 rings (SSSR count). The van der Waals surface area contributed by atoms with E-state index < -0.39 is 21.7 Å². The lowest BCUT2D eigenvalue weighted by Crippen LogP contribution is -2.23. The second-order valence-electron chi connectivity index (χ2n) is 5.62. The Bertz CT molecular complexity index is 1020. The van der Waals surface area contributed by atoms with Crippen LogP contribution in [0.4, 0.5) is 8.78 Å². The van der Waals surface area contributed by atoms with E-state index in [9.17, 15) is 17.2 Å². The van der Waals surface area contributed by atoms with E-state index in [2.05, 4.69) is 9.71 Å². The summed E-state index contributed by atoms with van der Waals surface area (Å²) in [5.74, 6) is -1.50. The number of aryl methyl sites for hydroxylation is 1. The van der Waals surface area contributed by atoms with Gasteiger partial charge in [-0.15, -0.1) is 0 Å². The maximum atomic E-state index is 13.7. The largest absolute Gasteiger partial charge is 0.331 e. The van der Waals surface area contributed by atoms with Crippen molar-refractivity contribution in [3.8, 4) is 0 Å². The number of hydrogen-bond donors (Lipinski definition) is 1. The number of hydrogen-bond acceptors (Lipinski definition) is 3. The number of rotatable bonds is 6. The van der Waals surface area contributed by atoms with Gasteiger partial charge in [-0.3, -0.25) is 0 Å². The Morgan fingerprint density at radius 3 is 2.76 bits per heavy atom. The first kappa shape index (κ1) is 17.5. The standard InChI is InChI=1S/C17H17F2N3O2S/c1-2-8-22-11-16(14-4-3-7-20-17(14)22)25(23,24)21-10-12-5-6-13(18)9-15(12)19/h3-7,9,11,21H,2,8,10H2,1H3. The van der Waals surface area contributed by atoms with Crippen LogP contribution in [0, 0.1) is 11.6 Å². The van der Waals surface area contributed by atoms with Crippen LogP contribution in [0.25, 0.3) is 11.0 Å². The van der Waals surface area contributed by atoms with Crippen LogP contribution < -0.4 is 4.72 Å². The molecule has 2 heterocycles. The summed E-state index contributed by atoms with van der Waals surface area (Å²) in [5.41, 5.74) is 0.651. The van der Waals surface area contributed by atoms with Gasteiger partial charge in [0.15, 0.2) is 0 Å². The quantitative estimate of drug-likeness (QED) is 0.730. The minimum Gasteiger partial charge on any atom is -0.331 e. The minimum atomic E-state index is -3.88. The molecular weight excluding hydrogens is 348 g/mol. The molecule has 132 valence electrons. The highest BCUT2D eigenvalue weighted by atomic mass is 32.2. The molecule has 0 saturated heterocycles. The van der Waals surface area contributed by atoms with Gasteiger partial charge in [0, 0.05) is 42.5 Å². The van der Waals surface area contributed by atoms with Crippen LogP contribution in [0.1, 0.15) is 18.9 Å². The Morgan fingerprint density at radius 1 is 1.24 bits per heavy atom. The van der Waals surface area contributed by atoms with Gasteiger partial charge in [-0.2, -0.15) is 0 Å². The van der Waals surface area contributed by atoms with Crippen molar-refractivity contribution < 1.29 is 17.2 Å². The van der Waals surface area contributed by atoms with Gasteiger partial charge in [-0.05, 0) is 24.6 Å². The fourth-order valence-electron chi connectivity index (χ4n) is 2.63. The molecule has 0 spiro atoms. The second-order valence-corrected chi connectivity index (χ2v) is 7.36. The van der Waals surface area contributed by atoms with E-state index in [1.54, 1.807) is 22.9 Å². The zero-order valence-electron chi connectivity index (χ0n) is 13.5. The van der Waals surface area contributed by atoms with Crippen molar-refractivity contribution >= 4 is 21.1 Å². The first-order valence-electron chi connectivity index (χ1n) is 7.80. The van der Waals surface area contributed by atoms with Gasteiger partial charge in [0.25, 0.3) is 0 Å². The SMILES string of the molecule is CCCn1cc(S(=O)(=O)NCc2ccc(F)cc2F)c2cccnc21. The molecule has 0 radical (unpaired) electrons. The van der Waals surface area contributed by atoms with Crippen molar-refractivity contribution in [2.75, 3.05) is 0 Å². The highest BCUT2D eigenvalue weighted by molar-refractivity contribution is 7.89. The number of fused-ring (bicyclic) bond motifs is 1. The van der Waals surface area contributed by atoms with Crippen molar-refractivity contribution in [1.29, 1.82) is 0 Å². The van der Waals surface area contributed by atoms with Crippen molar-refractivity contribution in [1.82, 2.24) is 14.3 Å². The van der Waals surface area contributed by atoms with Crippen molar-refractivity contribution in [3.05, 3.63) is 59.9 Å². The highest BCUT2D eigenvalue weighted by Crippen LogP contribution is 2.24. The smallest absolute Gasteiger partial charge is 0.243 e. The minimum absolute atomic E-state index is 0.0698. The summed E-state index contributed by atoms with van der Waals surface area (Å²) in [6, 6.07) is 6.37. The first-order valence-corrected chi connectivity index (χ1v) is 9.28. The molecule has 1 N–H and O–H groups in total. The Balaban J connectivity index is 1.93. The van der Waals surface area contributed by atoms with E-state index in [4.69, 9.17) is 0 Å². The maximum Gasteiger partial charge on any atom is 0.243 e. The van der Waals surface area contributed by atoms with Crippen LogP contribution in [0.15, 0.2) is 47.6 Å². The van der Waals surface area contributed by atoms with Crippen LogP contribution in [0.5, 0.6) is 0 Å². The van der Waals surface area contributed by atoms with Gasteiger partial charge in [0.05, 0.1) is 0 Å². The highest BCUT2D eigenvalue weighted by Gasteiger charge is 2.21. The molecule has 3 aromatic rings. The topological polar surface area (TPSA) is 64.0 Å². The monoisotopic (exact) mass is 365 g/mol. The Labute approximate surface area is 144 Å². The third-order valence-electron chi connectivity index (χ3n) is 3.82. The number of halogens is 2. The molecular formula is C17H17F2N3O2S. The molecule has 8 heteroatoms. The Morgan fingerprint density at radius 2 is 2.04 bits per heavy atom. The van der Waals surface area contributed by atoms with E-state index in [-0.39, 0.29) is 17.0 Å². The summed E-state index contributed by atoms with van der Waals surface area (Å²) in [5, 5.41) is 0.503. The fraction of sp³-hybridized carbons (Fsp3) is 0.235. The van der Waals surface area contributed by atoms with E-state index in [0.29, 0.717) is 17.6 Å². The molecule has 5 nitrogen and oxygen atoms in total. The average molecular weight is 365 g/mol. The average Bonchev–Trinajstić information content (AvgIpc) is 2.94. The van der Waals surface area contributed by atoms with Gasteiger partial charge in [-0.1, -0.05) is 13.0 Å². The van der Waals surface area contributed by atoms with Crippen molar-refractivity contribution in [2.45, 2.75) is 31.3 Å². The van der Waals surface area contributed by atoms with Gasteiger partial charge in [-0.25, -0.2) is 26.9 Å². The Hall–Kier alpha value is -2.32. The molecule has 25 heavy (non-hydrogen) atoms. The number of pyridine rings is 1. The maximum absolute atomic E-state index is 13.7. The predicted molar refractivity (Wildman–Crippen MR) is 90.4 cm³/mol. The van der Waals surface area contributed by atoms with Crippen LogP contribution in [-0.2, 0) is 23.1 Å². The van der Waals surface area contributed by atoms with E-state index >= 15 is 0 Å². The molecule has 0 unspecified atom stereocenters. The van der Waals surface area contributed by atoms with Crippen LogP contribution in [-0.4, -0.2) is 18.0 Å². The van der Waals surface area contributed by atoms with E-state index in [1.165, 1.54) is 12.3 Å². The molecule has 0 saturated carbocycles. The van der Waals surface area contributed by atoms with Crippen LogP contribution >= 0.6 is 0 Å². The lowest BCUT2D eigenvalue weighted by Gasteiger charge is -2.07. The fourth-order valence-corrected chi connectivity index (χ4v) is 3.85. The summed E-state index contributed by atoms with van der Waals surface area (Å²) < 4.78 is 56.1. The predicted octanol–water partition coefficient (Wildman–Crippen LogP) is 3.20. The van der Waals surface area contributed by atoms with Gasteiger partial charge >= 0.3 is 0 Å². The molecule has 0 aliphatic carbocycles. The summed E-state index contributed by atoms with van der Waals surface area (Å²) in [6.07, 6.45) is 3.96. The van der Waals surface area contributed by atoms with Crippen LogP contribution in [0.3, 0.4) is 0 Å². The zero-order chi connectivity index (χ0) is 18.0. The van der Waals surface area contributed by atoms with E-state index in [0.717, 1.165) is 18.6 Å². The number of sulfonamides is 1. The van der Waals surface area contributed by atoms with Gasteiger partial charge in [0.2, 0.25) is 10.0 Å². The summed E-state index contributed by atoms with van der Waals surface area (Å²) in [4.78, 5) is 4.33. The molecule has 1 aromatic carbocycles. The third kappa shape index (κ3) is 3.54. The third-order valence-corrected chi connectivity index (χ3v) is 5.25. The second kappa shape index (κ2) is 6.89. The molecule has 0 fully saturated rings. The number of nitrogens with one attached hydrogen (secondary N) is 1. The number of benzene rings is 1. The summed E-state index contributed by atoms with van der Waals surface area (Å²) in [7, 11) is -3.88. The van der Waals surface area contributed by atoms with Gasteiger partial charge < -0.3 is 4.57 Å². The summed E-state index contributed by atoms with van der Waals surface area (Å²) >= 11 is 0. The van der Waals surface area contributed by atoms with Crippen molar-refractivity contribution in [2.24, 2.45) is 0 Å². The molecule has 0 aliphatic rings. The number of nitrogens with zero attached hydrogens (tertiary/aromatic N) is 2. The molecule has 2 aromatic heterocycles. The van der Waals surface area contributed by atoms with Crippen molar-refractivity contribution in [3.63, 3.8) is 0 Å². The lowest BCUT2D eigenvalue weighted by atomic mass is 10.2.